The van der Waals surface area contributed by atoms with Gasteiger partial charge in [-0.05, 0) is 18.2 Å². The highest BCUT2D eigenvalue weighted by molar-refractivity contribution is 5.79. The summed E-state index contributed by atoms with van der Waals surface area (Å²) in [6, 6.07) is 14.1. The smallest absolute Gasteiger partial charge is 0.161 e. The van der Waals surface area contributed by atoms with Crippen LogP contribution in [-0.2, 0) is 0 Å². The van der Waals surface area contributed by atoms with E-state index >= 15 is 0 Å². The minimum Gasteiger partial charge on any atom is -0.486 e. The van der Waals surface area contributed by atoms with Gasteiger partial charge in [-0.15, -0.1) is 0 Å². The van der Waals surface area contributed by atoms with E-state index in [1.165, 1.54) is 12.3 Å². The number of benzene rings is 2. The second kappa shape index (κ2) is 5.74. The first kappa shape index (κ1) is 12.7. The summed E-state index contributed by atoms with van der Waals surface area (Å²) in [4.78, 5) is 4.23. The molecule has 1 heterocycles. The quantitative estimate of drug-likeness (QED) is 0.803. The van der Waals surface area contributed by atoms with Crippen LogP contribution in [0.15, 0.2) is 53.5 Å². The topological polar surface area (TPSA) is 30.8 Å². The number of hydrogen-bond acceptors (Lipinski definition) is 3. The normalized spacial score (nSPS) is 17.4. The van der Waals surface area contributed by atoms with Crippen LogP contribution in [0.2, 0.25) is 0 Å². The Morgan fingerprint density at radius 3 is 2.70 bits per heavy atom. The van der Waals surface area contributed by atoms with Crippen molar-refractivity contribution < 1.29 is 13.9 Å². The van der Waals surface area contributed by atoms with Crippen LogP contribution in [0.5, 0.6) is 11.5 Å². The zero-order chi connectivity index (χ0) is 13.8. The van der Waals surface area contributed by atoms with Crippen LogP contribution in [0.4, 0.5) is 4.39 Å². The molecule has 3 rings (SSSR count). The van der Waals surface area contributed by atoms with Gasteiger partial charge in [0.25, 0.3) is 0 Å². The number of rotatable bonds is 3. The molecule has 0 radical (unpaired) electrons. The summed E-state index contributed by atoms with van der Waals surface area (Å²) >= 11 is 0. The molecule has 0 amide bonds. The van der Waals surface area contributed by atoms with E-state index in [0.717, 1.165) is 11.5 Å². The largest absolute Gasteiger partial charge is 0.486 e. The summed E-state index contributed by atoms with van der Waals surface area (Å²) in [7, 11) is 0. The van der Waals surface area contributed by atoms with E-state index in [1.807, 2.05) is 24.3 Å². The van der Waals surface area contributed by atoms with Crippen LogP contribution in [0, 0.1) is 5.82 Å². The van der Waals surface area contributed by atoms with Gasteiger partial charge < -0.3 is 9.47 Å². The SMILES string of the molecule is Fc1ccccc1C=NCC1COc2ccccc2O1. The monoisotopic (exact) mass is 271 g/mol. The predicted molar refractivity (Wildman–Crippen MR) is 75.2 cm³/mol. The fraction of sp³-hybridized carbons (Fsp3) is 0.188. The number of fused-ring (bicyclic) bond motifs is 1. The molecular formula is C16H14FNO2. The minimum atomic E-state index is -0.276. The number of aliphatic imine (C=N–C) groups is 1. The average Bonchev–Trinajstić information content (AvgIpc) is 2.49. The number of para-hydroxylation sites is 2. The fourth-order valence-electron chi connectivity index (χ4n) is 2.00. The minimum absolute atomic E-state index is 0.145. The van der Waals surface area contributed by atoms with Gasteiger partial charge in [0.15, 0.2) is 17.6 Å². The summed E-state index contributed by atoms with van der Waals surface area (Å²) in [6.45, 7) is 0.883. The zero-order valence-electron chi connectivity index (χ0n) is 10.8. The lowest BCUT2D eigenvalue weighted by molar-refractivity contribution is 0.0973. The van der Waals surface area contributed by atoms with E-state index in [4.69, 9.17) is 9.47 Å². The van der Waals surface area contributed by atoms with E-state index in [0.29, 0.717) is 18.7 Å². The van der Waals surface area contributed by atoms with Crippen LogP contribution in [0.3, 0.4) is 0 Å². The number of halogens is 1. The van der Waals surface area contributed by atoms with E-state index in [2.05, 4.69) is 4.99 Å². The summed E-state index contributed by atoms with van der Waals surface area (Å²) in [6.07, 6.45) is 1.38. The highest BCUT2D eigenvalue weighted by Crippen LogP contribution is 2.30. The Morgan fingerprint density at radius 1 is 1.10 bits per heavy atom. The lowest BCUT2D eigenvalue weighted by Crippen LogP contribution is -2.31. The predicted octanol–water partition coefficient (Wildman–Crippen LogP) is 3.08. The molecule has 1 unspecified atom stereocenters. The molecule has 0 saturated carbocycles. The van der Waals surface area contributed by atoms with Gasteiger partial charge >= 0.3 is 0 Å². The van der Waals surface area contributed by atoms with Gasteiger partial charge in [-0.25, -0.2) is 4.39 Å². The van der Waals surface area contributed by atoms with E-state index in [1.54, 1.807) is 18.2 Å². The van der Waals surface area contributed by atoms with E-state index in [-0.39, 0.29) is 11.9 Å². The molecule has 3 nitrogen and oxygen atoms in total. The summed E-state index contributed by atoms with van der Waals surface area (Å²) in [5.41, 5.74) is 0.477. The molecule has 0 N–H and O–H groups in total. The number of hydrogen-bond donors (Lipinski definition) is 0. The molecule has 1 aliphatic heterocycles. The molecule has 2 aromatic rings. The Morgan fingerprint density at radius 2 is 1.85 bits per heavy atom. The molecule has 1 atom stereocenters. The van der Waals surface area contributed by atoms with Gasteiger partial charge in [0.05, 0.1) is 6.54 Å². The Bertz CT molecular complexity index is 627. The molecule has 2 aromatic carbocycles. The third kappa shape index (κ3) is 2.79. The lowest BCUT2D eigenvalue weighted by atomic mass is 10.2. The summed E-state index contributed by atoms with van der Waals surface area (Å²) < 4.78 is 24.8. The van der Waals surface area contributed by atoms with Crippen molar-refractivity contribution in [3.8, 4) is 11.5 Å². The maximum atomic E-state index is 13.4. The molecule has 0 fully saturated rings. The van der Waals surface area contributed by atoms with Gasteiger partial charge in [-0.2, -0.15) is 0 Å². The molecule has 0 bridgehead atoms. The van der Waals surface area contributed by atoms with Crippen LogP contribution in [0.25, 0.3) is 0 Å². The Kier molecular flexibility index (Phi) is 3.63. The van der Waals surface area contributed by atoms with Crippen LogP contribution < -0.4 is 9.47 Å². The molecule has 1 aliphatic rings. The number of ether oxygens (including phenoxy) is 2. The molecule has 4 heteroatoms. The molecule has 0 saturated heterocycles. The van der Waals surface area contributed by atoms with Crippen molar-refractivity contribution in [1.82, 2.24) is 0 Å². The number of nitrogens with zero attached hydrogens (tertiary/aromatic N) is 1. The van der Waals surface area contributed by atoms with Crippen molar-refractivity contribution in [2.24, 2.45) is 4.99 Å². The maximum Gasteiger partial charge on any atom is 0.161 e. The molecule has 0 spiro atoms. The first-order valence-corrected chi connectivity index (χ1v) is 6.46. The molecule has 0 aromatic heterocycles. The second-order valence-corrected chi connectivity index (χ2v) is 4.51. The molecule has 20 heavy (non-hydrogen) atoms. The van der Waals surface area contributed by atoms with Crippen molar-refractivity contribution in [1.29, 1.82) is 0 Å². The third-order valence-electron chi connectivity index (χ3n) is 3.01. The molecule has 0 aliphatic carbocycles. The van der Waals surface area contributed by atoms with Gasteiger partial charge in [0, 0.05) is 11.8 Å². The average molecular weight is 271 g/mol. The first-order valence-electron chi connectivity index (χ1n) is 6.46. The summed E-state index contributed by atoms with van der Waals surface area (Å²) in [5, 5.41) is 0. The maximum absolute atomic E-state index is 13.4. The highest BCUT2D eigenvalue weighted by Gasteiger charge is 2.19. The van der Waals surface area contributed by atoms with Crippen LogP contribution in [0.1, 0.15) is 5.56 Å². The Hall–Kier alpha value is -2.36. The molecular weight excluding hydrogens is 257 g/mol. The van der Waals surface area contributed by atoms with Crippen molar-refractivity contribution in [2.45, 2.75) is 6.10 Å². The Labute approximate surface area is 116 Å². The van der Waals surface area contributed by atoms with Crippen molar-refractivity contribution in [3.63, 3.8) is 0 Å². The second-order valence-electron chi connectivity index (χ2n) is 4.51. The lowest BCUT2D eigenvalue weighted by Gasteiger charge is -2.25. The Balaban J connectivity index is 1.62. The summed E-state index contributed by atoms with van der Waals surface area (Å²) in [5.74, 6) is 1.20. The van der Waals surface area contributed by atoms with E-state index in [9.17, 15) is 4.39 Å². The standard InChI is InChI=1S/C16H14FNO2/c17-14-6-2-1-5-12(14)9-18-10-13-11-19-15-7-3-4-8-16(15)20-13/h1-9,13H,10-11H2. The van der Waals surface area contributed by atoms with Crippen molar-refractivity contribution in [3.05, 3.63) is 59.9 Å². The van der Waals surface area contributed by atoms with Crippen molar-refractivity contribution in [2.75, 3.05) is 13.2 Å². The van der Waals surface area contributed by atoms with Crippen LogP contribution >= 0.6 is 0 Å². The fourth-order valence-corrected chi connectivity index (χ4v) is 2.00. The first-order chi connectivity index (χ1) is 9.83. The third-order valence-corrected chi connectivity index (χ3v) is 3.01. The van der Waals surface area contributed by atoms with Gasteiger partial charge in [0.1, 0.15) is 12.4 Å². The van der Waals surface area contributed by atoms with Gasteiger partial charge in [-0.1, -0.05) is 30.3 Å². The van der Waals surface area contributed by atoms with Crippen molar-refractivity contribution >= 4 is 6.21 Å². The van der Waals surface area contributed by atoms with Gasteiger partial charge in [0.2, 0.25) is 0 Å². The van der Waals surface area contributed by atoms with Crippen LogP contribution in [-0.4, -0.2) is 25.5 Å². The molecule has 102 valence electrons. The highest BCUT2D eigenvalue weighted by atomic mass is 19.1. The van der Waals surface area contributed by atoms with E-state index < -0.39 is 0 Å². The zero-order valence-corrected chi connectivity index (χ0v) is 10.8. The van der Waals surface area contributed by atoms with Gasteiger partial charge in [-0.3, -0.25) is 4.99 Å².